The van der Waals surface area contributed by atoms with Gasteiger partial charge in [0, 0.05) is 23.9 Å². The van der Waals surface area contributed by atoms with E-state index >= 15 is 0 Å². The van der Waals surface area contributed by atoms with E-state index in [-0.39, 0.29) is 24.3 Å². The summed E-state index contributed by atoms with van der Waals surface area (Å²) in [6, 6.07) is 9.01. The van der Waals surface area contributed by atoms with E-state index in [1.165, 1.54) is 11.3 Å². The molecular formula is C17H18N4O3S. The minimum Gasteiger partial charge on any atom is -0.384 e. The first kappa shape index (κ1) is 17.0. The molecule has 1 saturated heterocycles. The lowest BCUT2D eigenvalue weighted by Gasteiger charge is -2.19. The van der Waals surface area contributed by atoms with Crippen molar-refractivity contribution in [2.75, 3.05) is 23.4 Å². The molecule has 3 rings (SSSR count). The number of carbonyl (C=O) groups excluding carboxylic acids is 2. The summed E-state index contributed by atoms with van der Waals surface area (Å²) in [5.41, 5.74) is 7.77. The number of amidine groups is 1. The minimum absolute atomic E-state index is 0.0612. The van der Waals surface area contributed by atoms with Crippen molar-refractivity contribution in [1.82, 2.24) is 0 Å². The molecule has 0 aliphatic carbocycles. The Kier molecular flexibility index (Phi) is 5.30. The number of anilines is 2. The highest BCUT2D eigenvalue weighted by molar-refractivity contribution is 7.08. The fraction of sp³-hybridized carbons (Fsp3) is 0.235. The van der Waals surface area contributed by atoms with Crippen LogP contribution in [0.15, 0.2) is 46.2 Å². The molecule has 2 amide bonds. The van der Waals surface area contributed by atoms with Gasteiger partial charge in [0.1, 0.15) is 0 Å². The number of carbonyl (C=O) groups is 2. The average molecular weight is 358 g/mol. The summed E-state index contributed by atoms with van der Waals surface area (Å²) in [6.07, 6.45) is 1.35. The average Bonchev–Trinajstić information content (AvgIpc) is 3.27. The van der Waals surface area contributed by atoms with Crippen LogP contribution in [0.5, 0.6) is 0 Å². The molecule has 0 atom stereocenters. The first-order chi connectivity index (χ1) is 12.1. The Balaban J connectivity index is 1.60. The third-order valence-electron chi connectivity index (χ3n) is 3.72. The lowest BCUT2D eigenvalue weighted by Crippen LogP contribution is -2.26. The van der Waals surface area contributed by atoms with Gasteiger partial charge in [0.2, 0.25) is 5.91 Å². The lowest BCUT2D eigenvalue weighted by molar-refractivity contribution is -0.120. The highest BCUT2D eigenvalue weighted by atomic mass is 32.1. The zero-order valence-corrected chi connectivity index (χ0v) is 14.3. The van der Waals surface area contributed by atoms with Crippen molar-refractivity contribution in [2.24, 2.45) is 10.9 Å². The molecule has 1 aliphatic heterocycles. The number of rotatable bonds is 6. The Morgan fingerprint density at radius 1 is 1.36 bits per heavy atom. The van der Waals surface area contributed by atoms with Crippen molar-refractivity contribution in [2.45, 2.75) is 12.8 Å². The van der Waals surface area contributed by atoms with E-state index in [0.29, 0.717) is 24.3 Å². The largest absolute Gasteiger partial charge is 0.384 e. The Hall–Kier alpha value is -2.87. The van der Waals surface area contributed by atoms with Crippen molar-refractivity contribution in [3.05, 3.63) is 46.7 Å². The number of nitrogens with one attached hydrogen (secondary N) is 1. The van der Waals surface area contributed by atoms with Gasteiger partial charge in [-0.15, -0.1) is 0 Å². The molecule has 2 aromatic rings. The molecule has 130 valence electrons. The smallest absolute Gasteiger partial charge is 0.265 e. The van der Waals surface area contributed by atoms with Gasteiger partial charge in [0.15, 0.2) is 12.4 Å². The maximum atomic E-state index is 12.1. The van der Waals surface area contributed by atoms with Crippen LogP contribution < -0.4 is 16.0 Å². The van der Waals surface area contributed by atoms with E-state index in [1.807, 2.05) is 29.0 Å². The van der Waals surface area contributed by atoms with Crippen LogP contribution in [0.1, 0.15) is 18.4 Å². The Bertz CT molecular complexity index is 789. The second-order valence-electron chi connectivity index (χ2n) is 5.48. The van der Waals surface area contributed by atoms with Crippen LogP contribution in [0.2, 0.25) is 0 Å². The van der Waals surface area contributed by atoms with E-state index in [9.17, 15) is 9.59 Å². The van der Waals surface area contributed by atoms with Gasteiger partial charge in [-0.05, 0) is 30.0 Å². The molecule has 0 spiro atoms. The SMILES string of the molecule is N/C(=N/OCC(=O)Nc1ccccc1N1CCCC1=O)c1ccsc1. The topological polar surface area (TPSA) is 97.0 Å². The third kappa shape index (κ3) is 4.16. The molecule has 7 nitrogen and oxygen atoms in total. The van der Waals surface area contributed by atoms with Gasteiger partial charge >= 0.3 is 0 Å². The summed E-state index contributed by atoms with van der Waals surface area (Å²) in [6.45, 7) is 0.386. The van der Waals surface area contributed by atoms with Crippen molar-refractivity contribution in [3.8, 4) is 0 Å². The molecule has 1 aromatic carbocycles. The van der Waals surface area contributed by atoms with E-state index in [1.54, 1.807) is 17.0 Å². The van der Waals surface area contributed by atoms with Crippen LogP contribution in [0.4, 0.5) is 11.4 Å². The van der Waals surface area contributed by atoms with Crippen LogP contribution in [0, 0.1) is 0 Å². The predicted octanol–water partition coefficient (Wildman–Crippen LogP) is 2.15. The second-order valence-corrected chi connectivity index (χ2v) is 6.26. The molecule has 1 aromatic heterocycles. The molecule has 0 radical (unpaired) electrons. The molecule has 0 saturated carbocycles. The van der Waals surface area contributed by atoms with Gasteiger partial charge in [0.05, 0.1) is 11.4 Å². The van der Waals surface area contributed by atoms with Gasteiger partial charge in [-0.25, -0.2) is 0 Å². The number of hydrogen-bond donors (Lipinski definition) is 2. The maximum Gasteiger partial charge on any atom is 0.265 e. The number of amides is 2. The number of benzene rings is 1. The zero-order chi connectivity index (χ0) is 17.6. The monoisotopic (exact) mass is 358 g/mol. The van der Waals surface area contributed by atoms with Gasteiger partial charge in [0.25, 0.3) is 5.91 Å². The van der Waals surface area contributed by atoms with Gasteiger partial charge < -0.3 is 20.8 Å². The molecule has 3 N–H and O–H groups in total. The van der Waals surface area contributed by atoms with Crippen molar-refractivity contribution >= 4 is 40.4 Å². The number of thiophene rings is 1. The highest BCUT2D eigenvalue weighted by Gasteiger charge is 2.24. The Labute approximate surface area is 149 Å². The molecule has 2 heterocycles. The van der Waals surface area contributed by atoms with Gasteiger partial charge in [-0.2, -0.15) is 11.3 Å². The van der Waals surface area contributed by atoms with Crippen LogP contribution in [-0.2, 0) is 14.4 Å². The summed E-state index contributed by atoms with van der Waals surface area (Å²) >= 11 is 1.50. The predicted molar refractivity (Wildman–Crippen MR) is 97.7 cm³/mol. The summed E-state index contributed by atoms with van der Waals surface area (Å²) in [5.74, 6) is -0.0934. The summed E-state index contributed by atoms with van der Waals surface area (Å²) in [7, 11) is 0. The number of nitrogens with two attached hydrogens (primary N) is 1. The van der Waals surface area contributed by atoms with Gasteiger partial charge in [-0.3, -0.25) is 9.59 Å². The number of para-hydroxylation sites is 2. The van der Waals surface area contributed by atoms with Crippen molar-refractivity contribution in [1.29, 1.82) is 0 Å². The van der Waals surface area contributed by atoms with Crippen LogP contribution in [-0.4, -0.2) is 30.8 Å². The number of nitrogens with zero attached hydrogens (tertiary/aromatic N) is 2. The maximum absolute atomic E-state index is 12.1. The van der Waals surface area contributed by atoms with Crippen molar-refractivity contribution < 1.29 is 14.4 Å². The summed E-state index contributed by atoms with van der Waals surface area (Å²) in [4.78, 5) is 30.7. The first-order valence-corrected chi connectivity index (χ1v) is 8.76. The molecule has 0 bridgehead atoms. The Morgan fingerprint density at radius 2 is 2.20 bits per heavy atom. The number of oxime groups is 1. The number of hydrogen-bond acceptors (Lipinski definition) is 5. The standard InChI is InChI=1S/C17H18N4O3S/c18-17(12-7-9-25-11-12)20-24-10-15(22)19-13-4-1-2-5-14(13)21-8-3-6-16(21)23/h1-2,4-5,7,9,11H,3,6,8,10H2,(H2,18,20)(H,19,22). The lowest BCUT2D eigenvalue weighted by atomic mass is 10.2. The second kappa shape index (κ2) is 7.80. The Morgan fingerprint density at radius 3 is 2.92 bits per heavy atom. The normalized spacial score (nSPS) is 14.6. The summed E-state index contributed by atoms with van der Waals surface area (Å²) < 4.78 is 0. The van der Waals surface area contributed by atoms with Gasteiger partial charge in [-0.1, -0.05) is 17.3 Å². The van der Waals surface area contributed by atoms with Crippen LogP contribution in [0.3, 0.4) is 0 Å². The van der Waals surface area contributed by atoms with E-state index in [2.05, 4.69) is 10.5 Å². The summed E-state index contributed by atoms with van der Waals surface area (Å²) in [5, 5.41) is 10.2. The minimum atomic E-state index is -0.374. The van der Waals surface area contributed by atoms with Crippen molar-refractivity contribution in [3.63, 3.8) is 0 Å². The van der Waals surface area contributed by atoms with Crippen LogP contribution in [0.25, 0.3) is 0 Å². The molecule has 0 unspecified atom stereocenters. The van der Waals surface area contributed by atoms with E-state index in [4.69, 9.17) is 10.6 Å². The van der Waals surface area contributed by atoms with Crippen LogP contribution >= 0.6 is 11.3 Å². The fourth-order valence-electron chi connectivity index (χ4n) is 2.53. The molecule has 25 heavy (non-hydrogen) atoms. The molecular weight excluding hydrogens is 340 g/mol. The van der Waals surface area contributed by atoms with E-state index < -0.39 is 0 Å². The fourth-order valence-corrected chi connectivity index (χ4v) is 3.18. The molecule has 1 aliphatic rings. The zero-order valence-electron chi connectivity index (χ0n) is 13.5. The molecule has 8 heteroatoms. The quantitative estimate of drug-likeness (QED) is 0.470. The molecule has 1 fully saturated rings. The first-order valence-electron chi connectivity index (χ1n) is 7.82. The highest BCUT2D eigenvalue weighted by Crippen LogP contribution is 2.29. The van der Waals surface area contributed by atoms with E-state index in [0.717, 1.165) is 12.0 Å². The third-order valence-corrected chi connectivity index (χ3v) is 4.40.